The van der Waals surface area contributed by atoms with Gasteiger partial charge in [-0.2, -0.15) is 5.26 Å². The molecule has 5 rings (SSSR count). The first-order valence-electron chi connectivity index (χ1n) is 11.7. The Balaban J connectivity index is 1.45. The van der Waals surface area contributed by atoms with Crippen molar-refractivity contribution in [2.24, 2.45) is 7.05 Å². The van der Waals surface area contributed by atoms with Crippen molar-refractivity contribution in [1.82, 2.24) is 4.57 Å². The van der Waals surface area contributed by atoms with E-state index in [0.29, 0.717) is 0 Å². The second kappa shape index (κ2) is 10.4. The van der Waals surface area contributed by atoms with Gasteiger partial charge in [-0.15, -0.1) is 11.3 Å². The Morgan fingerprint density at radius 2 is 1.38 bits per heavy atom. The van der Waals surface area contributed by atoms with Gasteiger partial charge in [-0.3, -0.25) is 0 Å². The van der Waals surface area contributed by atoms with Gasteiger partial charge in [-0.05, 0) is 72.3 Å². The molecule has 0 spiro atoms. The number of para-hydroxylation sites is 2. The first-order chi connectivity index (χ1) is 18.0. The summed E-state index contributed by atoms with van der Waals surface area (Å²) in [5.41, 5.74) is 6.15. The Hall–Kier alpha value is -4.86. The van der Waals surface area contributed by atoms with Crippen LogP contribution in [0.3, 0.4) is 0 Å². The number of hydrogen-bond acceptors (Lipinski definition) is 4. The third kappa shape index (κ3) is 4.94. The number of nitriles is 1. The van der Waals surface area contributed by atoms with Gasteiger partial charge < -0.3 is 14.6 Å². The van der Waals surface area contributed by atoms with E-state index in [1.807, 2.05) is 55.6 Å². The number of anilines is 3. The maximum absolute atomic E-state index is 11.2. The largest absolute Gasteiger partial charge is 0.477 e. The molecule has 0 saturated carbocycles. The van der Waals surface area contributed by atoms with Gasteiger partial charge in [0, 0.05) is 34.7 Å². The van der Waals surface area contributed by atoms with Crippen molar-refractivity contribution in [3.8, 4) is 27.9 Å². The van der Waals surface area contributed by atoms with Crippen LogP contribution < -0.4 is 4.90 Å². The SMILES string of the molecule is Cn1c(-c2ccc(N(c3ccccc3)c3ccccc3)cc2)ccc1-c1ccc(/C=C(\C#N)C(=O)O)s1. The van der Waals surface area contributed by atoms with E-state index in [1.54, 1.807) is 6.07 Å². The molecular formula is C31H23N3O2S. The van der Waals surface area contributed by atoms with Gasteiger partial charge in [0.25, 0.3) is 0 Å². The van der Waals surface area contributed by atoms with Crippen LogP contribution in [0.1, 0.15) is 4.88 Å². The molecule has 0 atom stereocenters. The Bertz CT molecular complexity index is 1570. The summed E-state index contributed by atoms with van der Waals surface area (Å²) in [6.07, 6.45) is 1.41. The number of aromatic nitrogens is 1. The molecule has 180 valence electrons. The molecule has 0 aliphatic carbocycles. The molecule has 5 aromatic rings. The zero-order chi connectivity index (χ0) is 25.8. The van der Waals surface area contributed by atoms with Crippen molar-refractivity contribution >= 4 is 40.4 Å². The molecule has 0 aliphatic heterocycles. The summed E-state index contributed by atoms with van der Waals surface area (Å²) in [5, 5.41) is 18.2. The molecule has 3 aromatic carbocycles. The lowest BCUT2D eigenvalue weighted by Gasteiger charge is -2.25. The summed E-state index contributed by atoms with van der Waals surface area (Å²) < 4.78 is 2.13. The summed E-state index contributed by atoms with van der Waals surface area (Å²) in [6, 6.07) is 38.8. The van der Waals surface area contributed by atoms with Crippen LogP contribution in [0, 0.1) is 11.3 Å². The minimum Gasteiger partial charge on any atom is -0.477 e. The third-order valence-electron chi connectivity index (χ3n) is 6.09. The second-order valence-electron chi connectivity index (χ2n) is 8.39. The number of aliphatic carboxylic acids is 1. The first kappa shape index (κ1) is 23.9. The van der Waals surface area contributed by atoms with Crippen molar-refractivity contribution < 1.29 is 9.90 Å². The fourth-order valence-corrected chi connectivity index (χ4v) is 5.30. The summed E-state index contributed by atoms with van der Waals surface area (Å²) in [6.45, 7) is 0. The predicted octanol–water partition coefficient (Wildman–Crippen LogP) is 7.88. The lowest BCUT2D eigenvalue weighted by Crippen LogP contribution is -2.09. The fraction of sp³-hybridized carbons (Fsp3) is 0.0323. The molecule has 0 radical (unpaired) electrons. The first-order valence-corrected chi connectivity index (χ1v) is 12.5. The van der Waals surface area contributed by atoms with E-state index in [9.17, 15) is 4.79 Å². The molecule has 6 heteroatoms. The molecule has 5 nitrogen and oxygen atoms in total. The molecule has 37 heavy (non-hydrogen) atoms. The molecular weight excluding hydrogens is 478 g/mol. The highest BCUT2D eigenvalue weighted by Crippen LogP contribution is 2.37. The van der Waals surface area contributed by atoms with Gasteiger partial charge in [-0.1, -0.05) is 48.5 Å². The topological polar surface area (TPSA) is 69.3 Å². The number of carbonyl (C=O) groups is 1. The molecule has 0 aliphatic rings. The Labute approximate surface area is 219 Å². The fourth-order valence-electron chi connectivity index (χ4n) is 4.28. The van der Waals surface area contributed by atoms with Crippen LogP contribution >= 0.6 is 11.3 Å². The van der Waals surface area contributed by atoms with Gasteiger partial charge >= 0.3 is 5.97 Å². The van der Waals surface area contributed by atoms with E-state index in [4.69, 9.17) is 10.4 Å². The Kier molecular flexibility index (Phi) is 6.71. The predicted molar refractivity (Wildman–Crippen MR) is 150 cm³/mol. The van der Waals surface area contributed by atoms with Crippen molar-refractivity contribution in [1.29, 1.82) is 5.26 Å². The number of thiophene rings is 1. The molecule has 0 bridgehead atoms. The Morgan fingerprint density at radius 3 is 1.95 bits per heavy atom. The van der Waals surface area contributed by atoms with Gasteiger partial charge in [0.15, 0.2) is 0 Å². The van der Waals surface area contributed by atoms with E-state index in [0.717, 1.165) is 43.8 Å². The number of carboxylic acid groups (broad SMARTS) is 1. The van der Waals surface area contributed by atoms with E-state index in [-0.39, 0.29) is 5.57 Å². The number of benzene rings is 3. The number of carboxylic acids is 1. The average Bonchev–Trinajstić information content (AvgIpc) is 3.55. The summed E-state index contributed by atoms with van der Waals surface area (Å²) in [4.78, 5) is 15.1. The standard InChI is InChI=1S/C31H23N3O2S/c1-33-28(17-18-29(33)30-19-16-27(37-30)20-23(21-32)31(35)36)22-12-14-26(15-13-22)34(24-8-4-2-5-9-24)25-10-6-3-7-11-25/h2-20H,1H3,(H,35,36)/b23-20+. The summed E-state index contributed by atoms with van der Waals surface area (Å²) >= 11 is 1.45. The van der Waals surface area contributed by atoms with Gasteiger partial charge in [0.1, 0.15) is 11.6 Å². The Morgan fingerprint density at radius 1 is 0.811 bits per heavy atom. The van der Waals surface area contributed by atoms with Gasteiger partial charge in [0.2, 0.25) is 0 Å². The molecule has 0 amide bonds. The monoisotopic (exact) mass is 501 g/mol. The molecule has 0 fully saturated rings. The van der Waals surface area contributed by atoms with E-state index >= 15 is 0 Å². The van der Waals surface area contributed by atoms with Crippen molar-refractivity contribution in [2.75, 3.05) is 4.90 Å². The highest BCUT2D eigenvalue weighted by atomic mass is 32.1. The van der Waals surface area contributed by atoms with Crippen LogP contribution in [0.15, 0.2) is 115 Å². The average molecular weight is 502 g/mol. The van der Waals surface area contributed by atoms with Crippen molar-refractivity contribution in [3.05, 3.63) is 120 Å². The van der Waals surface area contributed by atoms with Gasteiger partial charge in [0.05, 0.1) is 10.6 Å². The van der Waals surface area contributed by atoms with E-state index in [1.165, 1.54) is 17.4 Å². The van der Waals surface area contributed by atoms with Gasteiger partial charge in [-0.25, -0.2) is 4.79 Å². The normalized spacial score (nSPS) is 11.2. The second-order valence-corrected chi connectivity index (χ2v) is 9.51. The number of rotatable bonds is 7. The van der Waals surface area contributed by atoms with Crippen LogP contribution in [0.4, 0.5) is 17.1 Å². The minimum absolute atomic E-state index is 0.277. The third-order valence-corrected chi connectivity index (χ3v) is 7.14. The highest BCUT2D eigenvalue weighted by Gasteiger charge is 2.15. The zero-order valence-electron chi connectivity index (χ0n) is 20.1. The van der Waals surface area contributed by atoms with E-state index < -0.39 is 5.97 Å². The summed E-state index contributed by atoms with van der Waals surface area (Å²) in [5.74, 6) is -1.22. The molecule has 0 saturated heterocycles. The smallest absolute Gasteiger partial charge is 0.346 e. The maximum Gasteiger partial charge on any atom is 0.346 e. The zero-order valence-corrected chi connectivity index (χ0v) is 20.9. The van der Waals surface area contributed by atoms with Crippen molar-refractivity contribution in [3.63, 3.8) is 0 Å². The van der Waals surface area contributed by atoms with Crippen LogP contribution in [-0.4, -0.2) is 15.6 Å². The highest BCUT2D eigenvalue weighted by molar-refractivity contribution is 7.16. The molecule has 1 N–H and O–H groups in total. The molecule has 0 unspecified atom stereocenters. The van der Waals surface area contributed by atoms with Crippen LogP contribution in [-0.2, 0) is 11.8 Å². The number of nitrogens with zero attached hydrogens (tertiary/aromatic N) is 3. The lowest BCUT2D eigenvalue weighted by atomic mass is 10.1. The summed E-state index contributed by atoms with van der Waals surface area (Å²) in [7, 11) is 2.02. The van der Waals surface area contributed by atoms with Crippen molar-refractivity contribution in [2.45, 2.75) is 0 Å². The van der Waals surface area contributed by atoms with Crippen LogP contribution in [0.2, 0.25) is 0 Å². The molecule has 2 aromatic heterocycles. The lowest BCUT2D eigenvalue weighted by molar-refractivity contribution is -0.132. The van der Waals surface area contributed by atoms with Crippen LogP contribution in [0.25, 0.3) is 27.9 Å². The maximum atomic E-state index is 11.2. The number of hydrogen-bond donors (Lipinski definition) is 1. The molecule has 2 heterocycles. The minimum atomic E-state index is -1.22. The quantitative estimate of drug-likeness (QED) is 0.182. The van der Waals surface area contributed by atoms with E-state index in [2.05, 4.69) is 70.1 Å². The van der Waals surface area contributed by atoms with Crippen LogP contribution in [0.5, 0.6) is 0 Å².